The first-order valence-corrected chi connectivity index (χ1v) is 5.85. The van der Waals surface area contributed by atoms with Crippen LogP contribution in [0.1, 0.15) is 6.92 Å². The molecule has 1 aromatic heterocycles. The lowest BCUT2D eigenvalue weighted by Crippen LogP contribution is -2.32. The van der Waals surface area contributed by atoms with Crippen LogP contribution in [0.4, 0.5) is 5.69 Å². The first-order chi connectivity index (χ1) is 8.59. The van der Waals surface area contributed by atoms with Crippen molar-refractivity contribution in [2.24, 2.45) is 11.7 Å². The molecule has 0 aliphatic heterocycles. The summed E-state index contributed by atoms with van der Waals surface area (Å²) in [6, 6.07) is 7.89. The number of hydrogen-bond acceptors (Lipinski definition) is 4. The zero-order valence-corrected chi connectivity index (χ0v) is 10.6. The van der Waals surface area contributed by atoms with Crippen molar-refractivity contribution < 1.29 is 0 Å². The lowest BCUT2D eigenvalue weighted by atomic mass is 10.1. The van der Waals surface area contributed by atoms with Gasteiger partial charge in [0.1, 0.15) is 0 Å². The van der Waals surface area contributed by atoms with Gasteiger partial charge in [-0.2, -0.15) is 10.2 Å². The van der Waals surface area contributed by atoms with Crippen LogP contribution in [0.3, 0.4) is 0 Å². The molecule has 94 valence electrons. The van der Waals surface area contributed by atoms with E-state index in [4.69, 9.17) is 11.1 Å². The molecule has 0 aliphatic rings. The molecule has 0 fully saturated rings. The van der Waals surface area contributed by atoms with E-state index in [0.29, 0.717) is 6.54 Å². The number of nitrogens with zero attached hydrogens (tertiary/aromatic N) is 3. The standard InChI is InChI=1S/C13H17N5/c1-9(13(14)15)8-18(2)12-7-16-17-11-6-4-3-5-10(11)12/h3-7,9H,8H2,1-2H3,(H3,14,15). The van der Waals surface area contributed by atoms with Gasteiger partial charge in [0.05, 0.1) is 23.2 Å². The largest absolute Gasteiger partial charge is 0.387 e. The molecule has 1 atom stereocenters. The number of hydrogen-bond donors (Lipinski definition) is 2. The van der Waals surface area contributed by atoms with Crippen LogP contribution in [0.25, 0.3) is 10.9 Å². The Labute approximate surface area is 106 Å². The molecule has 1 aromatic carbocycles. The predicted octanol–water partition coefficient (Wildman–Crippen LogP) is 1.64. The zero-order chi connectivity index (χ0) is 13.1. The second-order valence-electron chi connectivity index (χ2n) is 4.48. The maximum atomic E-state index is 7.44. The summed E-state index contributed by atoms with van der Waals surface area (Å²) in [5.74, 6) is 0.218. The van der Waals surface area contributed by atoms with Crippen molar-refractivity contribution in [3.05, 3.63) is 30.5 Å². The molecule has 0 spiro atoms. The van der Waals surface area contributed by atoms with Gasteiger partial charge in [0.15, 0.2) is 0 Å². The molecule has 0 radical (unpaired) electrons. The number of nitrogens with two attached hydrogens (primary N) is 1. The first kappa shape index (κ1) is 12.3. The van der Waals surface area contributed by atoms with Crippen molar-refractivity contribution in [3.8, 4) is 0 Å². The van der Waals surface area contributed by atoms with Crippen LogP contribution in [-0.2, 0) is 0 Å². The summed E-state index contributed by atoms with van der Waals surface area (Å²) in [6.45, 7) is 2.63. The van der Waals surface area contributed by atoms with E-state index < -0.39 is 0 Å². The summed E-state index contributed by atoms with van der Waals surface area (Å²) >= 11 is 0. The second kappa shape index (κ2) is 5.00. The van der Waals surface area contributed by atoms with Crippen molar-refractivity contribution in [2.45, 2.75) is 6.92 Å². The molecular formula is C13H17N5. The lowest BCUT2D eigenvalue weighted by molar-refractivity contribution is 0.729. The molecule has 1 unspecified atom stereocenters. The normalized spacial score (nSPS) is 12.3. The Morgan fingerprint density at radius 3 is 2.89 bits per heavy atom. The Kier molecular flexibility index (Phi) is 3.41. The second-order valence-corrected chi connectivity index (χ2v) is 4.48. The van der Waals surface area contributed by atoms with E-state index >= 15 is 0 Å². The Balaban J connectivity index is 2.33. The summed E-state index contributed by atoms with van der Waals surface area (Å²) in [7, 11) is 1.98. The summed E-state index contributed by atoms with van der Waals surface area (Å²) in [5, 5.41) is 16.6. The van der Waals surface area contributed by atoms with E-state index in [2.05, 4.69) is 15.1 Å². The fourth-order valence-electron chi connectivity index (χ4n) is 1.90. The average Bonchev–Trinajstić information content (AvgIpc) is 2.37. The van der Waals surface area contributed by atoms with E-state index in [9.17, 15) is 0 Å². The number of fused-ring (bicyclic) bond motifs is 1. The van der Waals surface area contributed by atoms with E-state index in [0.717, 1.165) is 16.6 Å². The highest BCUT2D eigenvalue weighted by atomic mass is 15.2. The minimum atomic E-state index is 0.0157. The van der Waals surface area contributed by atoms with Crippen LogP contribution >= 0.6 is 0 Å². The zero-order valence-electron chi connectivity index (χ0n) is 10.6. The molecule has 5 nitrogen and oxygen atoms in total. The number of rotatable bonds is 4. The Morgan fingerprint density at radius 1 is 1.44 bits per heavy atom. The Bertz CT molecular complexity index is 561. The molecule has 18 heavy (non-hydrogen) atoms. The van der Waals surface area contributed by atoms with Crippen LogP contribution in [-0.4, -0.2) is 29.6 Å². The summed E-state index contributed by atoms with van der Waals surface area (Å²) in [4.78, 5) is 2.06. The highest BCUT2D eigenvalue weighted by Crippen LogP contribution is 2.23. The minimum Gasteiger partial charge on any atom is -0.387 e. The minimum absolute atomic E-state index is 0.0157. The molecule has 3 N–H and O–H groups in total. The molecule has 0 aliphatic carbocycles. The highest BCUT2D eigenvalue weighted by molar-refractivity contribution is 5.91. The maximum Gasteiger partial charge on any atom is 0.0952 e. The van der Waals surface area contributed by atoms with Crippen LogP contribution in [0, 0.1) is 11.3 Å². The highest BCUT2D eigenvalue weighted by Gasteiger charge is 2.12. The maximum absolute atomic E-state index is 7.44. The Hall–Kier alpha value is -2.17. The van der Waals surface area contributed by atoms with Crippen LogP contribution in [0.2, 0.25) is 0 Å². The van der Waals surface area contributed by atoms with Crippen LogP contribution in [0.5, 0.6) is 0 Å². The molecule has 0 saturated heterocycles. The number of anilines is 1. The molecule has 5 heteroatoms. The van der Waals surface area contributed by atoms with Gasteiger partial charge in [0.25, 0.3) is 0 Å². The van der Waals surface area contributed by atoms with Crippen molar-refractivity contribution >= 4 is 22.4 Å². The molecule has 0 bridgehead atoms. The predicted molar refractivity (Wildman–Crippen MR) is 73.9 cm³/mol. The van der Waals surface area contributed by atoms with Gasteiger partial charge in [-0.05, 0) is 6.07 Å². The number of amidine groups is 1. The molecule has 1 heterocycles. The van der Waals surface area contributed by atoms with Crippen LogP contribution in [0.15, 0.2) is 30.5 Å². The fraction of sp³-hybridized carbons (Fsp3) is 0.308. The first-order valence-electron chi connectivity index (χ1n) is 5.85. The van der Waals surface area contributed by atoms with E-state index in [1.807, 2.05) is 38.2 Å². The van der Waals surface area contributed by atoms with E-state index in [1.54, 1.807) is 6.20 Å². The van der Waals surface area contributed by atoms with Gasteiger partial charge in [-0.25, -0.2) is 0 Å². The van der Waals surface area contributed by atoms with Crippen molar-refractivity contribution in [1.82, 2.24) is 10.2 Å². The van der Waals surface area contributed by atoms with Gasteiger partial charge >= 0.3 is 0 Å². The summed E-state index contributed by atoms with van der Waals surface area (Å²) < 4.78 is 0. The number of benzene rings is 1. The van der Waals surface area contributed by atoms with Crippen molar-refractivity contribution in [1.29, 1.82) is 5.41 Å². The van der Waals surface area contributed by atoms with Crippen LogP contribution < -0.4 is 10.6 Å². The fourth-order valence-corrected chi connectivity index (χ4v) is 1.90. The van der Waals surface area contributed by atoms with Crippen molar-refractivity contribution in [3.63, 3.8) is 0 Å². The van der Waals surface area contributed by atoms with E-state index in [-0.39, 0.29) is 11.8 Å². The quantitative estimate of drug-likeness (QED) is 0.632. The third-order valence-corrected chi connectivity index (χ3v) is 3.02. The molecule has 2 rings (SSSR count). The third kappa shape index (κ3) is 2.40. The van der Waals surface area contributed by atoms with Gasteiger partial charge in [-0.3, -0.25) is 5.41 Å². The van der Waals surface area contributed by atoms with Gasteiger partial charge in [0.2, 0.25) is 0 Å². The molecule has 2 aromatic rings. The van der Waals surface area contributed by atoms with Gasteiger partial charge < -0.3 is 10.6 Å². The van der Waals surface area contributed by atoms with Crippen molar-refractivity contribution in [2.75, 3.05) is 18.5 Å². The molecule has 0 amide bonds. The molecular weight excluding hydrogens is 226 g/mol. The number of nitrogens with one attached hydrogen (secondary N) is 1. The van der Waals surface area contributed by atoms with Gasteiger partial charge in [-0.1, -0.05) is 25.1 Å². The lowest BCUT2D eigenvalue weighted by Gasteiger charge is -2.23. The monoisotopic (exact) mass is 243 g/mol. The molecule has 0 saturated carbocycles. The number of aromatic nitrogens is 2. The Morgan fingerprint density at radius 2 is 2.17 bits per heavy atom. The average molecular weight is 243 g/mol. The topological polar surface area (TPSA) is 78.9 Å². The third-order valence-electron chi connectivity index (χ3n) is 3.02. The summed E-state index contributed by atoms with van der Waals surface area (Å²) in [5.41, 5.74) is 7.38. The van der Waals surface area contributed by atoms with E-state index in [1.165, 1.54) is 0 Å². The SMILES string of the molecule is CC(CN(C)c1cnnc2ccccc12)C(=N)N. The van der Waals surface area contributed by atoms with Gasteiger partial charge in [-0.15, -0.1) is 0 Å². The smallest absolute Gasteiger partial charge is 0.0952 e. The summed E-state index contributed by atoms with van der Waals surface area (Å²) in [6.07, 6.45) is 1.75. The van der Waals surface area contributed by atoms with Gasteiger partial charge in [0, 0.05) is 24.9 Å².